The summed E-state index contributed by atoms with van der Waals surface area (Å²) in [6, 6.07) is 0. The summed E-state index contributed by atoms with van der Waals surface area (Å²) in [6.07, 6.45) is 0. The third-order valence-corrected chi connectivity index (χ3v) is 4.12. The molecule has 2 N–H and O–H groups in total. The average Bonchev–Trinajstić information content (AvgIpc) is 1.96. The number of rotatable bonds is 6. The monoisotopic (exact) mass is 265 g/mol. The molecule has 0 radical (unpaired) electrons. The van der Waals surface area contributed by atoms with E-state index >= 15 is 0 Å². The van der Waals surface area contributed by atoms with Crippen LogP contribution in [0, 0.1) is 17.3 Å². The molecule has 17 heavy (non-hydrogen) atoms. The lowest BCUT2D eigenvalue weighted by molar-refractivity contribution is -0.142. The lowest BCUT2D eigenvalue weighted by atomic mass is 9.96. The van der Waals surface area contributed by atoms with E-state index in [4.69, 9.17) is 5.11 Å². The third-order valence-electron chi connectivity index (χ3n) is 2.27. The smallest absolute Gasteiger partial charge is 0.308 e. The molecule has 0 aromatic carbocycles. The second-order valence-corrected chi connectivity index (χ2v) is 7.66. The van der Waals surface area contributed by atoms with E-state index in [1.807, 2.05) is 20.8 Å². The largest absolute Gasteiger partial charge is 0.481 e. The highest BCUT2D eigenvalue weighted by molar-refractivity contribution is 7.89. The summed E-state index contributed by atoms with van der Waals surface area (Å²) in [6.45, 7) is 8.94. The minimum absolute atomic E-state index is 0.00949. The van der Waals surface area contributed by atoms with Gasteiger partial charge in [0.05, 0.1) is 11.7 Å². The van der Waals surface area contributed by atoms with Gasteiger partial charge >= 0.3 is 5.97 Å². The van der Waals surface area contributed by atoms with Crippen molar-refractivity contribution in [2.24, 2.45) is 17.3 Å². The van der Waals surface area contributed by atoms with Crippen molar-refractivity contribution >= 4 is 16.0 Å². The van der Waals surface area contributed by atoms with Gasteiger partial charge in [0.15, 0.2) is 0 Å². The number of aliphatic carboxylic acids is 1. The first-order chi connectivity index (χ1) is 7.44. The van der Waals surface area contributed by atoms with E-state index in [0.717, 1.165) is 0 Å². The van der Waals surface area contributed by atoms with Gasteiger partial charge in [-0.3, -0.25) is 4.79 Å². The molecule has 0 aromatic rings. The van der Waals surface area contributed by atoms with Crippen LogP contribution in [0.2, 0.25) is 0 Å². The predicted molar refractivity (Wildman–Crippen MR) is 67.2 cm³/mol. The van der Waals surface area contributed by atoms with Crippen LogP contribution in [0.1, 0.15) is 34.6 Å². The van der Waals surface area contributed by atoms with Crippen LogP contribution < -0.4 is 4.72 Å². The molecule has 0 aliphatic carbocycles. The molecule has 1 atom stereocenters. The number of hydrogen-bond donors (Lipinski definition) is 2. The van der Waals surface area contributed by atoms with Crippen LogP contribution >= 0.6 is 0 Å². The Morgan fingerprint density at radius 2 is 1.76 bits per heavy atom. The van der Waals surface area contributed by atoms with Crippen molar-refractivity contribution in [3.05, 3.63) is 0 Å². The van der Waals surface area contributed by atoms with Crippen LogP contribution in [-0.2, 0) is 14.8 Å². The topological polar surface area (TPSA) is 83.5 Å². The highest BCUT2D eigenvalue weighted by atomic mass is 32.2. The molecule has 0 bridgehead atoms. The van der Waals surface area contributed by atoms with E-state index < -0.39 is 21.9 Å². The highest BCUT2D eigenvalue weighted by Gasteiger charge is 2.26. The van der Waals surface area contributed by atoms with Crippen LogP contribution in [0.15, 0.2) is 0 Å². The summed E-state index contributed by atoms with van der Waals surface area (Å²) < 4.78 is 25.8. The summed E-state index contributed by atoms with van der Waals surface area (Å²) in [5.41, 5.74) is -0.345. The quantitative estimate of drug-likeness (QED) is 0.758. The normalized spacial score (nSPS) is 14.9. The molecule has 0 amide bonds. The SMILES string of the molecule is CC(C)C(CNS(=O)(=O)CC(C)(C)C)C(=O)O. The highest BCUT2D eigenvalue weighted by Crippen LogP contribution is 2.16. The summed E-state index contributed by atoms with van der Waals surface area (Å²) >= 11 is 0. The van der Waals surface area contributed by atoms with E-state index in [9.17, 15) is 13.2 Å². The molecule has 0 rings (SSSR count). The first-order valence-corrected chi connectivity index (χ1v) is 7.30. The van der Waals surface area contributed by atoms with E-state index in [1.165, 1.54) is 0 Å². The van der Waals surface area contributed by atoms with Gasteiger partial charge in [-0.15, -0.1) is 0 Å². The van der Waals surface area contributed by atoms with Crippen molar-refractivity contribution < 1.29 is 18.3 Å². The molecule has 0 aliphatic rings. The van der Waals surface area contributed by atoms with Crippen LogP contribution in [0.3, 0.4) is 0 Å². The van der Waals surface area contributed by atoms with Crippen molar-refractivity contribution in [1.82, 2.24) is 4.72 Å². The van der Waals surface area contributed by atoms with E-state index in [0.29, 0.717) is 0 Å². The third kappa shape index (κ3) is 7.33. The fourth-order valence-corrected chi connectivity index (χ4v) is 3.12. The Kier molecular flexibility index (Phi) is 5.61. The number of carboxylic acids is 1. The molecule has 0 spiro atoms. The Bertz CT molecular complexity index is 354. The molecule has 6 heteroatoms. The Balaban J connectivity index is 4.50. The molecule has 0 aromatic heterocycles. The summed E-state index contributed by atoms with van der Waals surface area (Å²) in [4.78, 5) is 10.9. The first-order valence-electron chi connectivity index (χ1n) is 5.65. The van der Waals surface area contributed by atoms with Crippen molar-refractivity contribution in [1.29, 1.82) is 0 Å². The lowest BCUT2D eigenvalue weighted by Gasteiger charge is -2.21. The molecule has 0 fully saturated rings. The van der Waals surface area contributed by atoms with Crippen molar-refractivity contribution in [2.75, 3.05) is 12.3 Å². The average molecular weight is 265 g/mol. The van der Waals surface area contributed by atoms with Crippen LogP contribution in [0.5, 0.6) is 0 Å². The minimum Gasteiger partial charge on any atom is -0.481 e. The first kappa shape index (κ1) is 16.4. The van der Waals surface area contributed by atoms with Crippen molar-refractivity contribution in [3.63, 3.8) is 0 Å². The molecular formula is C11H23NO4S. The Morgan fingerprint density at radius 1 is 1.29 bits per heavy atom. The fourth-order valence-electron chi connectivity index (χ4n) is 1.45. The molecule has 102 valence electrons. The van der Waals surface area contributed by atoms with E-state index in [2.05, 4.69) is 4.72 Å². The zero-order chi connectivity index (χ0) is 13.9. The maximum Gasteiger partial charge on any atom is 0.308 e. The lowest BCUT2D eigenvalue weighted by Crippen LogP contribution is -2.39. The molecular weight excluding hydrogens is 242 g/mol. The number of carbonyl (C=O) groups is 1. The Labute approximate surface area is 104 Å². The predicted octanol–water partition coefficient (Wildman–Crippen LogP) is 1.31. The number of sulfonamides is 1. The maximum atomic E-state index is 11.7. The molecule has 0 saturated carbocycles. The molecule has 0 saturated heterocycles. The van der Waals surface area contributed by atoms with E-state index in [-0.39, 0.29) is 23.6 Å². The van der Waals surface area contributed by atoms with Gasteiger partial charge in [0.2, 0.25) is 10.0 Å². The molecule has 5 nitrogen and oxygen atoms in total. The number of nitrogens with one attached hydrogen (secondary N) is 1. The van der Waals surface area contributed by atoms with Crippen LogP contribution in [0.25, 0.3) is 0 Å². The summed E-state index contributed by atoms with van der Waals surface area (Å²) in [5.74, 6) is -1.78. The Hall–Kier alpha value is -0.620. The number of carboxylic acid groups (broad SMARTS) is 1. The van der Waals surface area contributed by atoms with Gasteiger partial charge in [0.1, 0.15) is 0 Å². The van der Waals surface area contributed by atoms with Crippen LogP contribution in [-0.4, -0.2) is 31.8 Å². The molecule has 0 heterocycles. The zero-order valence-corrected chi connectivity index (χ0v) is 12.0. The van der Waals surface area contributed by atoms with Gasteiger partial charge in [-0.05, 0) is 11.3 Å². The van der Waals surface area contributed by atoms with Crippen LogP contribution in [0.4, 0.5) is 0 Å². The van der Waals surface area contributed by atoms with Crippen molar-refractivity contribution in [2.45, 2.75) is 34.6 Å². The summed E-state index contributed by atoms with van der Waals surface area (Å²) in [5, 5.41) is 8.94. The van der Waals surface area contributed by atoms with Gasteiger partial charge < -0.3 is 5.11 Å². The Morgan fingerprint density at radius 3 is 2.06 bits per heavy atom. The van der Waals surface area contributed by atoms with Gasteiger partial charge in [0, 0.05) is 6.54 Å². The van der Waals surface area contributed by atoms with Gasteiger partial charge in [0.25, 0.3) is 0 Å². The van der Waals surface area contributed by atoms with Gasteiger partial charge in [-0.25, -0.2) is 13.1 Å². The summed E-state index contributed by atoms with van der Waals surface area (Å²) in [7, 11) is -3.41. The minimum atomic E-state index is -3.41. The second kappa shape index (κ2) is 5.82. The van der Waals surface area contributed by atoms with E-state index in [1.54, 1.807) is 13.8 Å². The van der Waals surface area contributed by atoms with Gasteiger partial charge in [-0.2, -0.15) is 0 Å². The maximum absolute atomic E-state index is 11.7. The molecule has 1 unspecified atom stereocenters. The number of hydrogen-bond acceptors (Lipinski definition) is 3. The molecule has 0 aliphatic heterocycles. The zero-order valence-electron chi connectivity index (χ0n) is 11.1. The van der Waals surface area contributed by atoms with Gasteiger partial charge in [-0.1, -0.05) is 34.6 Å². The standard InChI is InChI=1S/C11H23NO4S/c1-8(2)9(10(13)14)6-12-17(15,16)7-11(3,4)5/h8-9,12H,6-7H2,1-5H3,(H,13,14). The van der Waals surface area contributed by atoms with Crippen molar-refractivity contribution in [3.8, 4) is 0 Å². The second-order valence-electron chi connectivity index (χ2n) is 5.86. The fraction of sp³-hybridized carbons (Fsp3) is 0.909.